The lowest BCUT2D eigenvalue weighted by molar-refractivity contribution is 1.25. The second-order valence-electron chi connectivity index (χ2n) is 3.47. The van der Waals surface area contributed by atoms with E-state index >= 15 is 0 Å². The lowest BCUT2D eigenvalue weighted by Crippen LogP contribution is -1.79. The molecule has 13 heavy (non-hydrogen) atoms. The number of fused-ring (bicyclic) bond motifs is 1. The SMILES string of the molecule is Cc1[nH]c2ccc(Br)c(C)c2c1C. The van der Waals surface area contributed by atoms with Crippen LogP contribution in [-0.4, -0.2) is 4.98 Å². The Kier molecular flexibility index (Phi) is 1.95. The zero-order chi connectivity index (χ0) is 9.59. The van der Waals surface area contributed by atoms with Crippen molar-refractivity contribution >= 4 is 26.8 Å². The van der Waals surface area contributed by atoms with Gasteiger partial charge in [-0.15, -0.1) is 0 Å². The van der Waals surface area contributed by atoms with Gasteiger partial charge in [-0.1, -0.05) is 15.9 Å². The largest absolute Gasteiger partial charge is 0.358 e. The molecule has 1 nitrogen and oxygen atoms in total. The van der Waals surface area contributed by atoms with Gasteiger partial charge in [0.1, 0.15) is 0 Å². The maximum absolute atomic E-state index is 3.55. The molecular formula is C11H12BrN. The summed E-state index contributed by atoms with van der Waals surface area (Å²) in [6, 6.07) is 4.21. The van der Waals surface area contributed by atoms with E-state index in [2.05, 4.69) is 53.8 Å². The first-order valence-corrected chi connectivity index (χ1v) is 5.14. The van der Waals surface area contributed by atoms with E-state index in [1.807, 2.05) is 0 Å². The highest BCUT2D eigenvalue weighted by Crippen LogP contribution is 2.29. The molecule has 0 spiro atoms. The summed E-state index contributed by atoms with van der Waals surface area (Å²) < 4.78 is 1.18. The summed E-state index contributed by atoms with van der Waals surface area (Å²) in [4.78, 5) is 3.37. The Hall–Kier alpha value is -0.760. The molecule has 1 aromatic heterocycles. The van der Waals surface area contributed by atoms with Crippen molar-refractivity contribution < 1.29 is 0 Å². The van der Waals surface area contributed by atoms with E-state index in [4.69, 9.17) is 0 Å². The van der Waals surface area contributed by atoms with Crippen molar-refractivity contribution in [3.05, 3.63) is 33.4 Å². The number of aromatic nitrogens is 1. The van der Waals surface area contributed by atoms with Gasteiger partial charge in [0.05, 0.1) is 0 Å². The molecule has 0 unspecified atom stereocenters. The van der Waals surface area contributed by atoms with Gasteiger partial charge >= 0.3 is 0 Å². The van der Waals surface area contributed by atoms with E-state index in [0.717, 1.165) is 0 Å². The number of H-pyrrole nitrogens is 1. The summed E-state index contributed by atoms with van der Waals surface area (Å²) >= 11 is 3.55. The fourth-order valence-corrected chi connectivity index (χ4v) is 2.09. The van der Waals surface area contributed by atoms with Crippen LogP contribution in [0.15, 0.2) is 16.6 Å². The minimum absolute atomic E-state index is 1.18. The highest BCUT2D eigenvalue weighted by atomic mass is 79.9. The molecule has 0 aliphatic carbocycles. The van der Waals surface area contributed by atoms with Crippen molar-refractivity contribution in [2.45, 2.75) is 20.8 Å². The molecule has 0 atom stereocenters. The van der Waals surface area contributed by atoms with Crippen LogP contribution < -0.4 is 0 Å². The van der Waals surface area contributed by atoms with Crippen LogP contribution in [0.2, 0.25) is 0 Å². The first-order valence-electron chi connectivity index (χ1n) is 4.35. The predicted octanol–water partition coefficient (Wildman–Crippen LogP) is 3.86. The number of hydrogen-bond acceptors (Lipinski definition) is 0. The Morgan fingerprint density at radius 3 is 2.46 bits per heavy atom. The van der Waals surface area contributed by atoms with Gasteiger partial charge in [0.2, 0.25) is 0 Å². The molecule has 0 saturated heterocycles. The van der Waals surface area contributed by atoms with Gasteiger partial charge in [0, 0.05) is 21.1 Å². The van der Waals surface area contributed by atoms with Crippen LogP contribution in [0.5, 0.6) is 0 Å². The van der Waals surface area contributed by atoms with E-state index in [9.17, 15) is 0 Å². The second-order valence-corrected chi connectivity index (χ2v) is 4.32. The number of halogens is 1. The van der Waals surface area contributed by atoms with Gasteiger partial charge < -0.3 is 4.98 Å². The number of aryl methyl sites for hydroxylation is 3. The van der Waals surface area contributed by atoms with E-state index in [-0.39, 0.29) is 0 Å². The fourth-order valence-electron chi connectivity index (χ4n) is 1.76. The van der Waals surface area contributed by atoms with Gasteiger partial charge in [0.15, 0.2) is 0 Å². The van der Waals surface area contributed by atoms with Crippen LogP contribution in [0.4, 0.5) is 0 Å². The van der Waals surface area contributed by atoms with E-state index in [0.29, 0.717) is 0 Å². The second kappa shape index (κ2) is 2.88. The summed E-state index contributed by atoms with van der Waals surface area (Å²) in [6.45, 7) is 6.42. The number of benzene rings is 1. The van der Waals surface area contributed by atoms with Crippen LogP contribution in [-0.2, 0) is 0 Å². The molecule has 2 rings (SSSR count). The maximum Gasteiger partial charge on any atom is 0.0462 e. The fraction of sp³-hybridized carbons (Fsp3) is 0.273. The van der Waals surface area contributed by atoms with Crippen LogP contribution in [0, 0.1) is 20.8 Å². The normalized spacial score (nSPS) is 11.1. The van der Waals surface area contributed by atoms with Crippen LogP contribution in [0.25, 0.3) is 10.9 Å². The minimum Gasteiger partial charge on any atom is -0.358 e. The molecule has 1 aromatic carbocycles. The zero-order valence-corrected chi connectivity index (χ0v) is 9.62. The summed E-state index contributed by atoms with van der Waals surface area (Å²) in [5.74, 6) is 0. The first kappa shape index (κ1) is 8.82. The Morgan fingerprint density at radius 2 is 1.77 bits per heavy atom. The van der Waals surface area contributed by atoms with Crippen LogP contribution in [0.3, 0.4) is 0 Å². The van der Waals surface area contributed by atoms with Crippen LogP contribution in [0.1, 0.15) is 16.8 Å². The molecule has 0 fully saturated rings. The molecule has 1 N–H and O–H groups in total. The summed E-state index contributed by atoms with van der Waals surface area (Å²) in [5.41, 5.74) is 5.17. The Morgan fingerprint density at radius 1 is 1.08 bits per heavy atom. The standard InChI is InChI=1S/C11H12BrN/c1-6-8(3)13-10-5-4-9(12)7(2)11(6)10/h4-5,13H,1-3H3. The van der Waals surface area contributed by atoms with E-state index in [1.54, 1.807) is 0 Å². The summed E-state index contributed by atoms with van der Waals surface area (Å²) in [5, 5.41) is 1.35. The van der Waals surface area contributed by atoms with Crippen molar-refractivity contribution in [1.29, 1.82) is 0 Å². The van der Waals surface area contributed by atoms with Crippen molar-refractivity contribution in [2.75, 3.05) is 0 Å². The van der Waals surface area contributed by atoms with Crippen LogP contribution >= 0.6 is 15.9 Å². The van der Waals surface area contributed by atoms with Crippen molar-refractivity contribution in [2.24, 2.45) is 0 Å². The van der Waals surface area contributed by atoms with Gasteiger partial charge in [-0.05, 0) is 44.0 Å². The first-order chi connectivity index (χ1) is 6.11. The Labute approximate surface area is 86.3 Å². The lowest BCUT2D eigenvalue weighted by atomic mass is 10.1. The highest BCUT2D eigenvalue weighted by molar-refractivity contribution is 9.10. The molecule has 0 amide bonds. The van der Waals surface area contributed by atoms with Gasteiger partial charge in [-0.3, -0.25) is 0 Å². The number of aromatic amines is 1. The summed E-state index contributed by atoms with van der Waals surface area (Å²) in [7, 11) is 0. The molecule has 0 saturated carbocycles. The molecular weight excluding hydrogens is 226 g/mol. The molecule has 2 aromatic rings. The number of rotatable bonds is 0. The third kappa shape index (κ3) is 1.20. The average Bonchev–Trinajstić information content (AvgIpc) is 2.37. The smallest absolute Gasteiger partial charge is 0.0462 e. The third-order valence-corrected chi connectivity index (χ3v) is 3.52. The number of nitrogens with one attached hydrogen (secondary N) is 1. The maximum atomic E-state index is 3.55. The van der Waals surface area contributed by atoms with E-state index < -0.39 is 0 Å². The predicted molar refractivity (Wildman–Crippen MR) is 60.2 cm³/mol. The number of hydrogen-bond donors (Lipinski definition) is 1. The third-order valence-electron chi connectivity index (χ3n) is 2.66. The molecule has 0 aliphatic rings. The molecule has 68 valence electrons. The highest BCUT2D eigenvalue weighted by Gasteiger charge is 2.07. The van der Waals surface area contributed by atoms with E-state index in [1.165, 1.54) is 32.2 Å². The van der Waals surface area contributed by atoms with Gasteiger partial charge in [0.25, 0.3) is 0 Å². The minimum atomic E-state index is 1.18. The van der Waals surface area contributed by atoms with Gasteiger partial charge in [-0.25, -0.2) is 0 Å². The zero-order valence-electron chi connectivity index (χ0n) is 8.03. The molecule has 1 heterocycles. The topological polar surface area (TPSA) is 15.8 Å². The molecule has 0 aliphatic heterocycles. The average molecular weight is 238 g/mol. The molecule has 0 radical (unpaired) electrons. The lowest BCUT2D eigenvalue weighted by Gasteiger charge is -2.00. The quantitative estimate of drug-likeness (QED) is 0.717. The molecule has 2 heteroatoms. The Bertz CT molecular complexity index is 468. The van der Waals surface area contributed by atoms with Crippen molar-refractivity contribution in [1.82, 2.24) is 4.98 Å². The van der Waals surface area contributed by atoms with Gasteiger partial charge in [-0.2, -0.15) is 0 Å². The monoisotopic (exact) mass is 237 g/mol. The molecule has 0 bridgehead atoms. The van der Waals surface area contributed by atoms with Crippen molar-refractivity contribution in [3.63, 3.8) is 0 Å². The Balaban J connectivity index is 2.97. The van der Waals surface area contributed by atoms with Crippen molar-refractivity contribution in [3.8, 4) is 0 Å². The summed E-state index contributed by atoms with van der Waals surface area (Å²) in [6.07, 6.45) is 0.